The Morgan fingerprint density at radius 3 is 3.00 bits per heavy atom. The van der Waals surface area contributed by atoms with Crippen molar-refractivity contribution in [3.8, 4) is 0 Å². The van der Waals surface area contributed by atoms with Crippen molar-refractivity contribution >= 4 is 17.2 Å². The molecule has 0 spiro atoms. The van der Waals surface area contributed by atoms with Crippen molar-refractivity contribution in [2.75, 3.05) is 0 Å². The molecule has 1 saturated carbocycles. The predicted octanol–water partition coefficient (Wildman–Crippen LogP) is 1.18. The lowest BCUT2D eigenvalue weighted by molar-refractivity contribution is -0.138. The lowest BCUT2D eigenvalue weighted by atomic mass is 10.1. The van der Waals surface area contributed by atoms with Gasteiger partial charge in [0.1, 0.15) is 11.6 Å². The Morgan fingerprint density at radius 2 is 2.35 bits per heavy atom. The number of nitrogens with zero attached hydrogens (tertiary/aromatic N) is 2. The molecule has 1 aliphatic rings. The molecule has 2 aromatic heterocycles. The first-order valence-corrected chi connectivity index (χ1v) is 5.40. The number of hydrogen-bond acceptors (Lipinski definition) is 5. The minimum atomic E-state index is -1.09. The molecule has 2 heterocycles. The number of oxazole rings is 1. The molecule has 2 aromatic rings. The minimum Gasteiger partial charge on any atom is -0.480 e. The average Bonchev–Trinajstić information content (AvgIpc) is 3.07. The van der Waals surface area contributed by atoms with E-state index in [2.05, 4.69) is 9.97 Å². The summed E-state index contributed by atoms with van der Waals surface area (Å²) in [6.07, 6.45) is 3.60. The number of pyridine rings is 1. The van der Waals surface area contributed by atoms with Crippen molar-refractivity contribution in [2.24, 2.45) is 5.73 Å². The maximum absolute atomic E-state index is 10.8. The highest BCUT2D eigenvalue weighted by Gasteiger charge is 2.29. The highest BCUT2D eigenvalue weighted by Crippen LogP contribution is 2.40. The van der Waals surface area contributed by atoms with Crippen LogP contribution in [0.4, 0.5) is 0 Å². The summed E-state index contributed by atoms with van der Waals surface area (Å²) in [6, 6.07) is 0.546. The third kappa shape index (κ3) is 1.76. The Balaban J connectivity index is 2.02. The molecule has 1 fully saturated rings. The van der Waals surface area contributed by atoms with E-state index in [4.69, 9.17) is 15.3 Å². The normalized spacial score (nSPS) is 17.2. The monoisotopic (exact) mass is 233 g/mol. The first kappa shape index (κ1) is 10.2. The molecule has 1 unspecified atom stereocenters. The van der Waals surface area contributed by atoms with E-state index in [1.54, 1.807) is 6.07 Å². The summed E-state index contributed by atoms with van der Waals surface area (Å²) >= 11 is 0. The van der Waals surface area contributed by atoms with Gasteiger partial charge in [0.25, 0.3) is 0 Å². The predicted molar refractivity (Wildman–Crippen MR) is 58.3 cm³/mol. The second kappa shape index (κ2) is 3.53. The van der Waals surface area contributed by atoms with Gasteiger partial charge in [0, 0.05) is 17.7 Å². The van der Waals surface area contributed by atoms with Crippen LogP contribution in [0, 0.1) is 0 Å². The van der Waals surface area contributed by atoms with Crippen molar-refractivity contribution < 1.29 is 14.3 Å². The maximum Gasteiger partial charge on any atom is 0.325 e. The fourth-order valence-corrected chi connectivity index (χ4v) is 1.67. The molecule has 0 bridgehead atoms. The number of fused-ring (bicyclic) bond motifs is 1. The van der Waals surface area contributed by atoms with Crippen LogP contribution in [0.2, 0.25) is 0 Å². The number of aliphatic carboxylic acids is 1. The number of aromatic nitrogens is 2. The van der Waals surface area contributed by atoms with Gasteiger partial charge < -0.3 is 15.3 Å². The fraction of sp³-hybridized carbons (Fsp3) is 0.364. The molecule has 0 aliphatic heterocycles. The molecule has 6 heteroatoms. The average molecular weight is 233 g/mol. The van der Waals surface area contributed by atoms with Gasteiger partial charge in [0.05, 0.1) is 0 Å². The SMILES string of the molecule is NC(C(=O)O)c1cnc2oc(C3CC3)nc2c1. The number of carboxylic acids is 1. The van der Waals surface area contributed by atoms with Crippen molar-refractivity contribution in [3.63, 3.8) is 0 Å². The summed E-state index contributed by atoms with van der Waals surface area (Å²) in [5.74, 6) is 0.00593. The smallest absolute Gasteiger partial charge is 0.325 e. The number of nitrogens with two attached hydrogens (primary N) is 1. The topological polar surface area (TPSA) is 102 Å². The summed E-state index contributed by atoms with van der Waals surface area (Å²) in [5.41, 5.74) is 6.95. The molecule has 3 N–H and O–H groups in total. The van der Waals surface area contributed by atoms with Gasteiger partial charge in [-0.05, 0) is 18.9 Å². The van der Waals surface area contributed by atoms with Gasteiger partial charge in [-0.15, -0.1) is 0 Å². The van der Waals surface area contributed by atoms with Crippen LogP contribution in [0.15, 0.2) is 16.7 Å². The summed E-state index contributed by atoms with van der Waals surface area (Å²) in [7, 11) is 0. The van der Waals surface area contributed by atoms with E-state index in [9.17, 15) is 4.79 Å². The van der Waals surface area contributed by atoms with E-state index in [0.717, 1.165) is 12.8 Å². The van der Waals surface area contributed by atoms with Gasteiger partial charge >= 0.3 is 5.97 Å². The Kier molecular flexibility index (Phi) is 2.12. The quantitative estimate of drug-likeness (QED) is 0.825. The summed E-state index contributed by atoms with van der Waals surface area (Å²) in [5, 5.41) is 8.81. The number of rotatable bonds is 3. The van der Waals surface area contributed by atoms with Gasteiger partial charge in [0.15, 0.2) is 0 Å². The molecule has 6 nitrogen and oxygen atoms in total. The van der Waals surface area contributed by atoms with Crippen LogP contribution in [0.3, 0.4) is 0 Å². The molecular formula is C11H11N3O3. The molecule has 88 valence electrons. The van der Waals surface area contributed by atoms with E-state index in [0.29, 0.717) is 28.6 Å². The van der Waals surface area contributed by atoms with Crippen LogP contribution < -0.4 is 5.73 Å². The fourth-order valence-electron chi connectivity index (χ4n) is 1.67. The highest BCUT2D eigenvalue weighted by atomic mass is 16.4. The van der Waals surface area contributed by atoms with Crippen LogP contribution in [0.1, 0.15) is 36.3 Å². The Hall–Kier alpha value is -1.95. The van der Waals surface area contributed by atoms with E-state index in [1.807, 2.05) is 0 Å². The summed E-state index contributed by atoms with van der Waals surface area (Å²) in [4.78, 5) is 19.1. The molecule has 3 rings (SSSR count). The molecule has 0 aromatic carbocycles. The molecule has 0 amide bonds. The van der Waals surface area contributed by atoms with Crippen LogP contribution in [0.25, 0.3) is 11.2 Å². The van der Waals surface area contributed by atoms with Crippen molar-refractivity contribution in [2.45, 2.75) is 24.8 Å². The highest BCUT2D eigenvalue weighted by molar-refractivity contribution is 5.77. The largest absolute Gasteiger partial charge is 0.480 e. The van der Waals surface area contributed by atoms with Gasteiger partial charge in [0.2, 0.25) is 11.6 Å². The second-order valence-electron chi connectivity index (χ2n) is 4.24. The van der Waals surface area contributed by atoms with Crippen LogP contribution >= 0.6 is 0 Å². The molecular weight excluding hydrogens is 222 g/mol. The first-order chi connectivity index (χ1) is 8.15. The van der Waals surface area contributed by atoms with Crippen molar-refractivity contribution in [1.82, 2.24) is 9.97 Å². The molecule has 0 saturated heterocycles. The van der Waals surface area contributed by atoms with Crippen molar-refractivity contribution in [1.29, 1.82) is 0 Å². The summed E-state index contributed by atoms with van der Waals surface area (Å²) in [6.45, 7) is 0. The maximum atomic E-state index is 10.8. The lowest BCUT2D eigenvalue weighted by Gasteiger charge is -2.04. The zero-order valence-electron chi connectivity index (χ0n) is 8.96. The van der Waals surface area contributed by atoms with Gasteiger partial charge in [-0.25, -0.2) is 9.97 Å². The third-order valence-electron chi connectivity index (χ3n) is 2.84. The zero-order valence-corrected chi connectivity index (χ0v) is 8.96. The number of hydrogen-bond donors (Lipinski definition) is 2. The number of carbonyl (C=O) groups is 1. The number of carboxylic acid groups (broad SMARTS) is 1. The van der Waals surface area contributed by atoms with Crippen LogP contribution in [-0.4, -0.2) is 21.0 Å². The molecule has 17 heavy (non-hydrogen) atoms. The first-order valence-electron chi connectivity index (χ1n) is 5.40. The standard InChI is InChI=1S/C11H11N3O3/c12-8(11(15)16)6-3-7-10(13-4-6)17-9(14-7)5-1-2-5/h3-5,8H,1-2,12H2,(H,15,16). The van der Waals surface area contributed by atoms with Crippen molar-refractivity contribution in [3.05, 3.63) is 23.7 Å². The second-order valence-corrected chi connectivity index (χ2v) is 4.24. The van der Waals surface area contributed by atoms with Gasteiger partial charge in [-0.3, -0.25) is 4.79 Å². The molecule has 1 aliphatic carbocycles. The summed E-state index contributed by atoms with van der Waals surface area (Å²) < 4.78 is 5.48. The zero-order chi connectivity index (χ0) is 12.0. The lowest BCUT2D eigenvalue weighted by Crippen LogP contribution is -2.20. The minimum absolute atomic E-state index is 0.404. The van der Waals surface area contributed by atoms with E-state index in [1.165, 1.54) is 6.20 Å². The van der Waals surface area contributed by atoms with E-state index >= 15 is 0 Å². The van der Waals surface area contributed by atoms with Gasteiger partial charge in [-0.2, -0.15) is 0 Å². The van der Waals surface area contributed by atoms with Crippen LogP contribution in [-0.2, 0) is 4.79 Å². The Labute approximate surface area is 96.5 Å². The van der Waals surface area contributed by atoms with E-state index in [-0.39, 0.29) is 0 Å². The molecule has 1 atom stereocenters. The Bertz CT molecular complexity index is 589. The molecule has 0 radical (unpaired) electrons. The van der Waals surface area contributed by atoms with Gasteiger partial charge in [-0.1, -0.05) is 0 Å². The Morgan fingerprint density at radius 1 is 1.59 bits per heavy atom. The third-order valence-corrected chi connectivity index (χ3v) is 2.84. The van der Waals surface area contributed by atoms with Crippen LogP contribution in [0.5, 0.6) is 0 Å². The van der Waals surface area contributed by atoms with E-state index < -0.39 is 12.0 Å².